The van der Waals surface area contributed by atoms with Gasteiger partial charge in [-0.15, -0.1) is 0 Å². The Morgan fingerprint density at radius 2 is 1.54 bits per heavy atom. The first kappa shape index (κ1) is 21.9. The van der Waals surface area contributed by atoms with E-state index in [9.17, 15) is 14.4 Å². The Labute approximate surface area is 166 Å². The average molecular weight is 390 g/mol. The molecule has 0 aliphatic heterocycles. The van der Waals surface area contributed by atoms with Crippen LogP contribution >= 0.6 is 0 Å². The van der Waals surface area contributed by atoms with E-state index in [1.807, 2.05) is 37.3 Å². The summed E-state index contributed by atoms with van der Waals surface area (Å²) in [6.07, 6.45) is 5.16. The number of esters is 3. The van der Waals surface area contributed by atoms with Gasteiger partial charge in [-0.3, -0.25) is 4.79 Å². The summed E-state index contributed by atoms with van der Waals surface area (Å²) in [5.41, 5.74) is -0.367. The highest BCUT2D eigenvalue weighted by Gasteiger charge is 2.38. The van der Waals surface area contributed by atoms with Crippen molar-refractivity contribution in [1.29, 1.82) is 0 Å². The molecule has 0 heterocycles. The zero-order valence-electron chi connectivity index (χ0n) is 17.0. The van der Waals surface area contributed by atoms with Crippen molar-refractivity contribution in [2.24, 2.45) is 5.41 Å². The van der Waals surface area contributed by atoms with E-state index in [0.717, 1.165) is 37.7 Å². The molecule has 28 heavy (non-hydrogen) atoms. The fourth-order valence-corrected chi connectivity index (χ4v) is 3.21. The van der Waals surface area contributed by atoms with Gasteiger partial charge in [0.1, 0.15) is 5.60 Å². The van der Waals surface area contributed by atoms with Crippen molar-refractivity contribution in [2.75, 3.05) is 13.2 Å². The van der Waals surface area contributed by atoms with Gasteiger partial charge in [0, 0.05) is 0 Å². The molecule has 6 heteroatoms. The van der Waals surface area contributed by atoms with Gasteiger partial charge >= 0.3 is 17.9 Å². The topological polar surface area (TPSA) is 78.9 Å². The van der Waals surface area contributed by atoms with Crippen molar-refractivity contribution >= 4 is 17.9 Å². The molecule has 1 saturated carbocycles. The van der Waals surface area contributed by atoms with Gasteiger partial charge in [-0.2, -0.15) is 0 Å². The number of ether oxygens (including phenoxy) is 3. The Hall–Kier alpha value is -2.37. The van der Waals surface area contributed by atoms with Gasteiger partial charge in [0.2, 0.25) is 0 Å². The van der Waals surface area contributed by atoms with Crippen molar-refractivity contribution in [1.82, 2.24) is 0 Å². The van der Waals surface area contributed by atoms with Crippen LogP contribution < -0.4 is 0 Å². The quantitative estimate of drug-likeness (QED) is 0.495. The molecule has 0 atom stereocenters. The highest BCUT2D eigenvalue weighted by Crippen LogP contribution is 2.40. The third-order valence-corrected chi connectivity index (χ3v) is 5.38. The van der Waals surface area contributed by atoms with E-state index >= 15 is 0 Å². The van der Waals surface area contributed by atoms with E-state index in [-0.39, 0.29) is 0 Å². The molecule has 1 fully saturated rings. The number of hydrogen-bond donors (Lipinski definition) is 0. The molecule has 0 amide bonds. The van der Waals surface area contributed by atoms with Gasteiger partial charge in [0.15, 0.2) is 13.2 Å². The second-order valence-electron chi connectivity index (χ2n) is 7.87. The Morgan fingerprint density at radius 3 is 2.14 bits per heavy atom. The standard InChI is InChI=1S/C22H30O6/c1-4-21(2,3)20(25)27-15-18(23)26-16-19(24)28-22(13-9-6-10-14-22)17-11-7-5-8-12-17/h5,7-8,11-12H,4,6,9-10,13-16H2,1-3H3. The molecular weight excluding hydrogens is 360 g/mol. The molecule has 6 nitrogen and oxygen atoms in total. The average Bonchev–Trinajstić information content (AvgIpc) is 2.71. The number of hydrogen-bond acceptors (Lipinski definition) is 6. The number of benzene rings is 1. The van der Waals surface area contributed by atoms with Crippen LogP contribution in [0.5, 0.6) is 0 Å². The molecule has 0 spiro atoms. The third-order valence-electron chi connectivity index (χ3n) is 5.38. The van der Waals surface area contributed by atoms with Crippen LogP contribution in [0.4, 0.5) is 0 Å². The minimum absolute atomic E-state index is 0.472. The summed E-state index contributed by atoms with van der Waals surface area (Å²) >= 11 is 0. The number of carbonyl (C=O) groups excluding carboxylic acids is 3. The van der Waals surface area contributed by atoms with Gasteiger partial charge in [-0.25, -0.2) is 9.59 Å². The zero-order valence-corrected chi connectivity index (χ0v) is 17.0. The molecular formula is C22H30O6. The van der Waals surface area contributed by atoms with Gasteiger partial charge < -0.3 is 14.2 Å². The molecule has 154 valence electrons. The summed E-state index contributed by atoms with van der Waals surface area (Å²) in [6.45, 7) is 4.33. The first-order chi connectivity index (χ1) is 13.3. The summed E-state index contributed by atoms with van der Waals surface area (Å²) < 4.78 is 15.7. The van der Waals surface area contributed by atoms with Crippen LogP contribution in [-0.2, 0) is 34.2 Å². The minimum atomic E-state index is -0.769. The number of rotatable bonds is 8. The van der Waals surface area contributed by atoms with Crippen LogP contribution in [-0.4, -0.2) is 31.1 Å². The second kappa shape index (κ2) is 9.71. The van der Waals surface area contributed by atoms with Crippen LogP contribution in [0.2, 0.25) is 0 Å². The largest absolute Gasteiger partial charge is 0.453 e. The Kier molecular flexibility index (Phi) is 7.61. The lowest BCUT2D eigenvalue weighted by atomic mass is 9.79. The lowest BCUT2D eigenvalue weighted by molar-refractivity contribution is -0.177. The zero-order chi connectivity index (χ0) is 20.6. The van der Waals surface area contributed by atoms with Gasteiger partial charge in [-0.05, 0) is 51.5 Å². The highest BCUT2D eigenvalue weighted by molar-refractivity contribution is 5.81. The van der Waals surface area contributed by atoms with Crippen molar-refractivity contribution in [2.45, 2.75) is 64.9 Å². The predicted molar refractivity (Wildman–Crippen MR) is 103 cm³/mol. The SMILES string of the molecule is CCC(C)(C)C(=O)OCC(=O)OCC(=O)OC1(c2ccccc2)CCCCC1. The van der Waals surface area contributed by atoms with Crippen molar-refractivity contribution in [3.8, 4) is 0 Å². The molecule has 0 aromatic heterocycles. The second-order valence-corrected chi connectivity index (χ2v) is 7.87. The molecule has 2 rings (SSSR count). The maximum absolute atomic E-state index is 12.3. The molecule has 1 aromatic carbocycles. The lowest BCUT2D eigenvalue weighted by Crippen LogP contribution is -2.36. The van der Waals surface area contributed by atoms with Crippen LogP contribution in [0, 0.1) is 5.41 Å². The van der Waals surface area contributed by atoms with Crippen molar-refractivity contribution in [3.05, 3.63) is 35.9 Å². The highest BCUT2D eigenvalue weighted by atomic mass is 16.6. The first-order valence-corrected chi connectivity index (χ1v) is 9.89. The van der Waals surface area contributed by atoms with E-state index in [1.54, 1.807) is 13.8 Å². The molecule has 1 aromatic rings. The fourth-order valence-electron chi connectivity index (χ4n) is 3.21. The summed E-state index contributed by atoms with van der Waals surface area (Å²) in [7, 11) is 0. The maximum Gasteiger partial charge on any atom is 0.345 e. The molecule has 0 saturated heterocycles. The minimum Gasteiger partial charge on any atom is -0.453 e. The van der Waals surface area contributed by atoms with Crippen molar-refractivity contribution < 1.29 is 28.6 Å². The van der Waals surface area contributed by atoms with E-state index in [1.165, 1.54) is 0 Å². The summed E-state index contributed by atoms with van der Waals surface area (Å²) in [4.78, 5) is 36.0. The van der Waals surface area contributed by atoms with Gasteiger partial charge in [-0.1, -0.05) is 43.7 Å². The van der Waals surface area contributed by atoms with E-state index in [0.29, 0.717) is 6.42 Å². The Bertz CT molecular complexity index is 674. The number of carbonyl (C=O) groups is 3. The molecule has 1 aliphatic rings. The van der Waals surface area contributed by atoms with Gasteiger partial charge in [0.25, 0.3) is 0 Å². The van der Waals surface area contributed by atoms with Crippen LogP contribution in [0.15, 0.2) is 30.3 Å². The molecule has 0 unspecified atom stereocenters. The monoisotopic (exact) mass is 390 g/mol. The smallest absolute Gasteiger partial charge is 0.345 e. The molecule has 0 bridgehead atoms. The molecule has 0 radical (unpaired) electrons. The first-order valence-electron chi connectivity index (χ1n) is 9.89. The maximum atomic E-state index is 12.3. The van der Waals surface area contributed by atoms with E-state index in [4.69, 9.17) is 14.2 Å². The van der Waals surface area contributed by atoms with Crippen LogP contribution in [0.1, 0.15) is 64.9 Å². The molecule has 1 aliphatic carbocycles. The summed E-state index contributed by atoms with van der Waals surface area (Å²) in [5, 5.41) is 0. The summed E-state index contributed by atoms with van der Waals surface area (Å²) in [6, 6.07) is 9.68. The Balaban J connectivity index is 1.86. The van der Waals surface area contributed by atoms with Crippen LogP contribution in [0.3, 0.4) is 0 Å². The lowest BCUT2D eigenvalue weighted by Gasteiger charge is -2.37. The molecule has 0 N–H and O–H groups in total. The summed E-state index contributed by atoms with van der Waals surface area (Å²) in [5.74, 6) is -1.84. The normalized spacial score (nSPS) is 16.1. The van der Waals surface area contributed by atoms with Crippen molar-refractivity contribution in [3.63, 3.8) is 0 Å². The van der Waals surface area contributed by atoms with Gasteiger partial charge in [0.05, 0.1) is 5.41 Å². The predicted octanol–water partition coefficient (Wildman–Crippen LogP) is 3.91. The van der Waals surface area contributed by atoms with Crippen LogP contribution in [0.25, 0.3) is 0 Å². The Morgan fingerprint density at radius 1 is 0.929 bits per heavy atom. The van der Waals surface area contributed by atoms with E-state index in [2.05, 4.69) is 0 Å². The third kappa shape index (κ3) is 5.81. The van der Waals surface area contributed by atoms with E-state index < -0.39 is 42.1 Å². The fraction of sp³-hybridized carbons (Fsp3) is 0.591.